The molecule has 2 rings (SSSR count). The topological polar surface area (TPSA) is 44.5 Å². The second-order valence-corrected chi connectivity index (χ2v) is 5.41. The number of nitrogens with two attached hydrogens (primary N) is 1. The van der Waals surface area contributed by atoms with Crippen LogP contribution in [0, 0.1) is 0 Å². The first-order valence-electron chi connectivity index (χ1n) is 7.82. The van der Waals surface area contributed by atoms with E-state index in [1.165, 1.54) is 11.1 Å². The molecule has 0 saturated carbocycles. The summed E-state index contributed by atoms with van der Waals surface area (Å²) in [4.78, 5) is 0. The van der Waals surface area contributed by atoms with E-state index in [9.17, 15) is 0 Å². The third-order valence-corrected chi connectivity index (χ3v) is 3.70. The fourth-order valence-corrected chi connectivity index (χ4v) is 2.50. The second-order valence-electron chi connectivity index (χ2n) is 5.41. The van der Waals surface area contributed by atoms with Gasteiger partial charge in [0, 0.05) is 5.92 Å². The van der Waals surface area contributed by atoms with Crippen LogP contribution in [0.3, 0.4) is 0 Å². The number of methoxy groups -OCH3 is 1. The van der Waals surface area contributed by atoms with Gasteiger partial charge in [0.05, 0.1) is 13.7 Å². The number of rotatable bonds is 8. The highest BCUT2D eigenvalue weighted by Gasteiger charge is 2.12. The van der Waals surface area contributed by atoms with Crippen LogP contribution in [0.25, 0.3) is 0 Å². The zero-order valence-electron chi connectivity index (χ0n) is 13.4. The van der Waals surface area contributed by atoms with Gasteiger partial charge in [-0.1, -0.05) is 31.2 Å². The number of hydrogen-bond acceptors (Lipinski definition) is 3. The lowest BCUT2D eigenvalue weighted by Crippen LogP contribution is -2.15. The lowest BCUT2D eigenvalue weighted by Gasteiger charge is -2.17. The smallest absolute Gasteiger partial charge is 0.119 e. The molecule has 1 atom stereocenters. The second kappa shape index (κ2) is 8.44. The summed E-state index contributed by atoms with van der Waals surface area (Å²) in [7, 11) is 1.69. The molecule has 118 valence electrons. The summed E-state index contributed by atoms with van der Waals surface area (Å²) in [5, 5.41) is 0. The van der Waals surface area contributed by atoms with E-state index in [2.05, 4.69) is 31.2 Å². The summed E-state index contributed by atoms with van der Waals surface area (Å²) < 4.78 is 11.0. The molecular formula is C19H25NO2. The third-order valence-electron chi connectivity index (χ3n) is 3.70. The molecule has 2 aromatic carbocycles. The summed E-state index contributed by atoms with van der Waals surface area (Å²) >= 11 is 0. The van der Waals surface area contributed by atoms with E-state index >= 15 is 0 Å². The van der Waals surface area contributed by atoms with Crippen LogP contribution < -0.4 is 15.2 Å². The highest BCUT2D eigenvalue weighted by atomic mass is 16.5. The predicted molar refractivity (Wildman–Crippen MR) is 90.7 cm³/mol. The first-order chi connectivity index (χ1) is 10.8. The van der Waals surface area contributed by atoms with E-state index in [1.807, 2.05) is 24.3 Å². The van der Waals surface area contributed by atoms with Crippen LogP contribution in [0.15, 0.2) is 48.5 Å². The van der Waals surface area contributed by atoms with Crippen LogP contribution in [-0.4, -0.2) is 20.3 Å². The molecule has 0 spiro atoms. The van der Waals surface area contributed by atoms with Crippen LogP contribution in [0.1, 0.15) is 30.4 Å². The summed E-state index contributed by atoms with van der Waals surface area (Å²) in [6.07, 6.45) is 1.91. The molecule has 1 unspecified atom stereocenters. The molecule has 0 aromatic heterocycles. The molecule has 0 heterocycles. The summed E-state index contributed by atoms with van der Waals surface area (Å²) in [5.74, 6) is 2.08. The van der Waals surface area contributed by atoms with Crippen LogP contribution in [-0.2, 0) is 6.42 Å². The Morgan fingerprint density at radius 1 is 1.05 bits per heavy atom. The fourth-order valence-electron chi connectivity index (χ4n) is 2.50. The molecule has 0 bridgehead atoms. The van der Waals surface area contributed by atoms with E-state index in [4.69, 9.17) is 15.2 Å². The molecule has 2 aromatic rings. The number of benzene rings is 2. The quantitative estimate of drug-likeness (QED) is 0.807. The van der Waals surface area contributed by atoms with Crippen molar-refractivity contribution >= 4 is 0 Å². The molecule has 3 heteroatoms. The Morgan fingerprint density at radius 2 is 1.82 bits per heavy atom. The van der Waals surface area contributed by atoms with E-state index in [0.29, 0.717) is 6.54 Å². The monoisotopic (exact) mass is 299 g/mol. The van der Waals surface area contributed by atoms with Crippen LogP contribution >= 0.6 is 0 Å². The van der Waals surface area contributed by atoms with Gasteiger partial charge >= 0.3 is 0 Å². The maximum Gasteiger partial charge on any atom is 0.119 e. The van der Waals surface area contributed by atoms with Gasteiger partial charge in [0.1, 0.15) is 11.5 Å². The van der Waals surface area contributed by atoms with Gasteiger partial charge in [0.25, 0.3) is 0 Å². The van der Waals surface area contributed by atoms with E-state index in [1.54, 1.807) is 7.11 Å². The average Bonchev–Trinajstić information content (AvgIpc) is 2.58. The van der Waals surface area contributed by atoms with Crippen LogP contribution in [0.5, 0.6) is 11.5 Å². The molecular weight excluding hydrogens is 274 g/mol. The maximum absolute atomic E-state index is 5.99. The predicted octanol–water partition coefficient (Wildman–Crippen LogP) is 3.77. The minimum atomic E-state index is 0.275. The van der Waals surface area contributed by atoms with E-state index in [0.717, 1.165) is 30.9 Å². The molecule has 2 N–H and O–H groups in total. The van der Waals surface area contributed by atoms with Gasteiger partial charge in [0.15, 0.2) is 0 Å². The van der Waals surface area contributed by atoms with Gasteiger partial charge < -0.3 is 15.2 Å². The fraction of sp³-hybridized carbons (Fsp3) is 0.368. The molecule has 0 amide bonds. The van der Waals surface area contributed by atoms with Gasteiger partial charge in [-0.3, -0.25) is 0 Å². The standard InChI is InChI=1S/C19H25NO2/c1-3-10-22-19-9-4-6-15(12-19)11-17(14-20)16-7-5-8-18(13-16)21-2/h4-9,12-13,17H,3,10-11,14,20H2,1-2H3. The van der Waals surface area contributed by atoms with Gasteiger partial charge in [-0.15, -0.1) is 0 Å². The normalized spacial score (nSPS) is 12.0. The lowest BCUT2D eigenvalue weighted by atomic mass is 9.92. The molecule has 0 fully saturated rings. The first kappa shape index (κ1) is 16.4. The number of ether oxygens (including phenoxy) is 2. The Morgan fingerprint density at radius 3 is 2.55 bits per heavy atom. The Kier molecular flexibility index (Phi) is 6.28. The average molecular weight is 299 g/mol. The van der Waals surface area contributed by atoms with Gasteiger partial charge in [0.2, 0.25) is 0 Å². The largest absolute Gasteiger partial charge is 0.497 e. The minimum Gasteiger partial charge on any atom is -0.497 e. The summed E-state index contributed by atoms with van der Waals surface area (Å²) in [6.45, 7) is 3.46. The maximum atomic E-state index is 5.99. The Balaban J connectivity index is 2.12. The Labute approximate surface area is 133 Å². The highest BCUT2D eigenvalue weighted by Crippen LogP contribution is 2.25. The van der Waals surface area contributed by atoms with Crippen molar-refractivity contribution in [2.45, 2.75) is 25.7 Å². The SMILES string of the molecule is CCCOc1cccc(CC(CN)c2cccc(OC)c2)c1. The first-order valence-corrected chi connectivity index (χ1v) is 7.82. The van der Waals surface area contributed by atoms with Crippen molar-refractivity contribution in [3.05, 3.63) is 59.7 Å². The van der Waals surface area contributed by atoms with E-state index < -0.39 is 0 Å². The zero-order chi connectivity index (χ0) is 15.8. The van der Waals surface area contributed by atoms with Gasteiger partial charge in [-0.2, -0.15) is 0 Å². The summed E-state index contributed by atoms with van der Waals surface area (Å²) in [5.41, 5.74) is 8.44. The molecule has 0 aliphatic heterocycles. The molecule has 0 saturated heterocycles. The van der Waals surface area contributed by atoms with Crippen molar-refractivity contribution in [3.8, 4) is 11.5 Å². The Hall–Kier alpha value is -2.00. The highest BCUT2D eigenvalue weighted by molar-refractivity contribution is 5.34. The van der Waals surface area contributed by atoms with Crippen molar-refractivity contribution in [3.63, 3.8) is 0 Å². The minimum absolute atomic E-state index is 0.275. The zero-order valence-corrected chi connectivity index (χ0v) is 13.4. The lowest BCUT2D eigenvalue weighted by molar-refractivity contribution is 0.317. The molecule has 0 aliphatic carbocycles. The van der Waals surface area contributed by atoms with Crippen LogP contribution in [0.2, 0.25) is 0 Å². The van der Waals surface area contributed by atoms with Gasteiger partial charge in [-0.25, -0.2) is 0 Å². The van der Waals surface area contributed by atoms with Crippen molar-refractivity contribution in [1.29, 1.82) is 0 Å². The molecule has 0 radical (unpaired) electrons. The van der Waals surface area contributed by atoms with Gasteiger partial charge in [-0.05, 0) is 54.8 Å². The molecule has 0 aliphatic rings. The number of hydrogen-bond donors (Lipinski definition) is 1. The van der Waals surface area contributed by atoms with E-state index in [-0.39, 0.29) is 5.92 Å². The molecule has 3 nitrogen and oxygen atoms in total. The van der Waals surface area contributed by atoms with Crippen LogP contribution in [0.4, 0.5) is 0 Å². The van der Waals surface area contributed by atoms with Crippen molar-refractivity contribution in [2.24, 2.45) is 5.73 Å². The van der Waals surface area contributed by atoms with Crippen molar-refractivity contribution in [2.75, 3.05) is 20.3 Å². The molecule has 22 heavy (non-hydrogen) atoms. The van der Waals surface area contributed by atoms with Crippen molar-refractivity contribution in [1.82, 2.24) is 0 Å². The summed E-state index contributed by atoms with van der Waals surface area (Å²) in [6, 6.07) is 16.4. The third kappa shape index (κ3) is 4.50. The van der Waals surface area contributed by atoms with Crippen molar-refractivity contribution < 1.29 is 9.47 Å². The Bertz CT molecular complexity index is 583.